The van der Waals surface area contributed by atoms with Gasteiger partial charge in [-0.15, -0.1) is 0 Å². The van der Waals surface area contributed by atoms with Crippen LogP contribution in [0, 0.1) is 11.8 Å². The molecule has 0 radical (unpaired) electrons. The number of para-hydroxylation sites is 1. The number of anilines is 1. The molecule has 1 aliphatic rings. The van der Waals surface area contributed by atoms with Crippen molar-refractivity contribution in [2.45, 2.75) is 32.6 Å². The Morgan fingerprint density at radius 1 is 1.00 bits per heavy atom. The Morgan fingerprint density at radius 2 is 1.77 bits per heavy atom. The number of hydrogen-bond acceptors (Lipinski definition) is 3. The highest BCUT2D eigenvalue weighted by Gasteiger charge is 2.20. The Balaban J connectivity index is 1.24. The molecule has 30 heavy (non-hydrogen) atoms. The SMILES string of the molecule is CC(CCN1CCC(Cc2ccc(Cl)c(Cl)c2)CC1)CNCCNc1ccccc1. The van der Waals surface area contributed by atoms with Crippen LogP contribution < -0.4 is 10.6 Å². The molecule has 2 N–H and O–H groups in total. The van der Waals surface area contributed by atoms with E-state index in [4.69, 9.17) is 23.2 Å². The van der Waals surface area contributed by atoms with Gasteiger partial charge in [-0.1, -0.05) is 54.4 Å². The van der Waals surface area contributed by atoms with Gasteiger partial charge in [0.15, 0.2) is 0 Å². The molecule has 0 saturated carbocycles. The minimum Gasteiger partial charge on any atom is -0.384 e. The highest BCUT2D eigenvalue weighted by atomic mass is 35.5. The maximum absolute atomic E-state index is 6.16. The first-order valence-electron chi connectivity index (χ1n) is 11.3. The summed E-state index contributed by atoms with van der Waals surface area (Å²) in [6, 6.07) is 16.4. The second kappa shape index (κ2) is 12.6. The number of hydrogen-bond donors (Lipinski definition) is 2. The fourth-order valence-corrected chi connectivity index (χ4v) is 4.44. The molecule has 2 aromatic rings. The minimum atomic E-state index is 0.645. The number of benzene rings is 2. The van der Waals surface area contributed by atoms with Crippen molar-refractivity contribution in [3.63, 3.8) is 0 Å². The van der Waals surface area contributed by atoms with Gasteiger partial charge in [-0.3, -0.25) is 0 Å². The van der Waals surface area contributed by atoms with Gasteiger partial charge in [0.2, 0.25) is 0 Å². The summed E-state index contributed by atoms with van der Waals surface area (Å²) >= 11 is 12.2. The largest absolute Gasteiger partial charge is 0.384 e. The summed E-state index contributed by atoms with van der Waals surface area (Å²) in [5, 5.41) is 8.35. The molecule has 3 nitrogen and oxygen atoms in total. The molecule has 1 aliphatic heterocycles. The van der Waals surface area contributed by atoms with Crippen molar-refractivity contribution < 1.29 is 0 Å². The van der Waals surface area contributed by atoms with Crippen molar-refractivity contribution in [1.29, 1.82) is 0 Å². The van der Waals surface area contributed by atoms with E-state index in [-0.39, 0.29) is 0 Å². The van der Waals surface area contributed by atoms with Crippen LogP contribution in [0.25, 0.3) is 0 Å². The zero-order valence-electron chi connectivity index (χ0n) is 18.0. The fourth-order valence-electron chi connectivity index (χ4n) is 4.12. The van der Waals surface area contributed by atoms with Crippen LogP contribution in [0.3, 0.4) is 0 Å². The van der Waals surface area contributed by atoms with Crippen LogP contribution in [0.2, 0.25) is 10.0 Å². The summed E-state index contributed by atoms with van der Waals surface area (Å²) in [7, 11) is 0. The van der Waals surface area contributed by atoms with Crippen molar-refractivity contribution in [3.8, 4) is 0 Å². The van der Waals surface area contributed by atoms with Crippen LogP contribution in [0.15, 0.2) is 48.5 Å². The van der Waals surface area contributed by atoms with Gasteiger partial charge in [0.05, 0.1) is 10.0 Å². The summed E-state index contributed by atoms with van der Waals surface area (Å²) in [6.45, 7) is 9.05. The molecule has 0 amide bonds. The lowest BCUT2D eigenvalue weighted by atomic mass is 9.90. The second-order valence-corrected chi connectivity index (χ2v) is 9.44. The third-order valence-corrected chi connectivity index (χ3v) is 6.79. The number of nitrogens with zero attached hydrogens (tertiary/aromatic N) is 1. The van der Waals surface area contributed by atoms with Crippen molar-refractivity contribution in [2.75, 3.05) is 44.6 Å². The van der Waals surface area contributed by atoms with Crippen LogP contribution in [0.1, 0.15) is 31.7 Å². The van der Waals surface area contributed by atoms with Gasteiger partial charge in [-0.2, -0.15) is 0 Å². The molecule has 2 aromatic carbocycles. The predicted octanol–water partition coefficient (Wildman–Crippen LogP) is 5.98. The van der Waals surface area contributed by atoms with E-state index in [0.29, 0.717) is 16.0 Å². The highest BCUT2D eigenvalue weighted by Crippen LogP contribution is 2.27. The normalized spacial score (nSPS) is 16.5. The Labute approximate surface area is 192 Å². The number of likely N-dealkylation sites (tertiary alicyclic amines) is 1. The number of piperidine rings is 1. The van der Waals surface area contributed by atoms with E-state index in [9.17, 15) is 0 Å². The van der Waals surface area contributed by atoms with Crippen LogP contribution in [-0.2, 0) is 6.42 Å². The summed E-state index contributed by atoms with van der Waals surface area (Å²) in [5.74, 6) is 1.46. The Kier molecular flexibility index (Phi) is 9.80. The summed E-state index contributed by atoms with van der Waals surface area (Å²) in [6.07, 6.45) is 4.93. The molecule has 0 bridgehead atoms. The molecule has 1 unspecified atom stereocenters. The van der Waals surface area contributed by atoms with Gasteiger partial charge >= 0.3 is 0 Å². The zero-order chi connectivity index (χ0) is 21.2. The van der Waals surface area contributed by atoms with Gasteiger partial charge in [-0.25, -0.2) is 0 Å². The van der Waals surface area contributed by atoms with Crippen LogP contribution in [-0.4, -0.2) is 44.2 Å². The molecular weight excluding hydrogens is 413 g/mol. The van der Waals surface area contributed by atoms with E-state index in [1.807, 2.05) is 18.2 Å². The maximum atomic E-state index is 6.16. The lowest BCUT2D eigenvalue weighted by Gasteiger charge is -2.32. The Morgan fingerprint density at radius 3 is 2.50 bits per heavy atom. The molecular formula is C25H35Cl2N3. The van der Waals surface area contributed by atoms with Crippen molar-refractivity contribution >= 4 is 28.9 Å². The quantitative estimate of drug-likeness (QED) is 0.415. The van der Waals surface area contributed by atoms with E-state index in [0.717, 1.165) is 32.0 Å². The van der Waals surface area contributed by atoms with E-state index in [1.54, 1.807) is 0 Å². The van der Waals surface area contributed by atoms with E-state index >= 15 is 0 Å². The summed E-state index contributed by atoms with van der Waals surface area (Å²) < 4.78 is 0. The average molecular weight is 448 g/mol. The molecule has 5 heteroatoms. The second-order valence-electron chi connectivity index (χ2n) is 8.63. The molecule has 164 valence electrons. The Bertz CT molecular complexity index is 745. The zero-order valence-corrected chi connectivity index (χ0v) is 19.6. The highest BCUT2D eigenvalue weighted by molar-refractivity contribution is 6.42. The third kappa shape index (κ3) is 8.11. The van der Waals surface area contributed by atoms with Gasteiger partial charge in [-0.05, 0) is 93.5 Å². The lowest BCUT2D eigenvalue weighted by molar-refractivity contribution is 0.174. The molecule has 1 atom stereocenters. The number of rotatable bonds is 11. The fraction of sp³-hybridized carbons (Fsp3) is 0.520. The number of nitrogens with one attached hydrogen (secondary N) is 2. The molecule has 1 saturated heterocycles. The van der Waals surface area contributed by atoms with E-state index in [1.165, 1.54) is 50.1 Å². The van der Waals surface area contributed by atoms with Crippen molar-refractivity contribution in [2.24, 2.45) is 11.8 Å². The third-order valence-electron chi connectivity index (χ3n) is 6.05. The number of halogens is 2. The monoisotopic (exact) mass is 447 g/mol. The van der Waals surface area contributed by atoms with Crippen molar-refractivity contribution in [1.82, 2.24) is 10.2 Å². The molecule has 3 rings (SSSR count). The predicted molar refractivity (Wildman–Crippen MR) is 131 cm³/mol. The van der Waals surface area contributed by atoms with Gasteiger partial charge in [0.1, 0.15) is 0 Å². The smallest absolute Gasteiger partial charge is 0.0595 e. The molecule has 0 aromatic heterocycles. The van der Waals surface area contributed by atoms with Gasteiger partial charge < -0.3 is 15.5 Å². The molecule has 1 fully saturated rings. The first kappa shape index (κ1) is 23.4. The summed E-state index contributed by atoms with van der Waals surface area (Å²) in [4.78, 5) is 2.64. The Hall–Kier alpha value is -1.26. The van der Waals surface area contributed by atoms with Crippen LogP contribution >= 0.6 is 23.2 Å². The topological polar surface area (TPSA) is 27.3 Å². The van der Waals surface area contributed by atoms with Crippen LogP contribution in [0.5, 0.6) is 0 Å². The van der Waals surface area contributed by atoms with Crippen LogP contribution in [0.4, 0.5) is 5.69 Å². The molecule has 0 aliphatic carbocycles. The van der Waals surface area contributed by atoms with Gasteiger partial charge in [0, 0.05) is 18.8 Å². The van der Waals surface area contributed by atoms with Crippen molar-refractivity contribution in [3.05, 3.63) is 64.1 Å². The maximum Gasteiger partial charge on any atom is 0.0595 e. The molecule has 1 heterocycles. The first-order chi connectivity index (χ1) is 14.6. The first-order valence-corrected chi connectivity index (χ1v) is 12.0. The summed E-state index contributed by atoms with van der Waals surface area (Å²) in [5.41, 5.74) is 2.50. The van der Waals surface area contributed by atoms with E-state index in [2.05, 4.69) is 52.8 Å². The minimum absolute atomic E-state index is 0.645. The average Bonchev–Trinajstić information content (AvgIpc) is 2.76. The van der Waals surface area contributed by atoms with E-state index < -0.39 is 0 Å². The molecule has 0 spiro atoms. The lowest BCUT2D eigenvalue weighted by Crippen LogP contribution is -2.36. The van der Waals surface area contributed by atoms with Gasteiger partial charge in [0.25, 0.3) is 0 Å². The standard InChI is InChI=1S/C25H35Cl2N3/c1-20(19-28-12-13-29-23-5-3-2-4-6-23)9-14-30-15-10-21(11-16-30)17-22-7-8-24(26)25(27)18-22/h2-8,18,20-21,28-29H,9-17,19H2,1H3.